The quantitative estimate of drug-likeness (QED) is 0.852. The topological polar surface area (TPSA) is 71.1 Å². The summed E-state index contributed by atoms with van der Waals surface area (Å²) in [5, 5.41) is 3.04. The fourth-order valence-corrected chi connectivity index (χ4v) is 4.47. The maximum Gasteiger partial charge on any atom is 0.250 e. The zero-order valence-electron chi connectivity index (χ0n) is 12.3. The standard InChI is InChI=1S/C14H19N3O2S2/c1-10-6-14(20-13(10)9-15-3)21(18,19)17-8-12-5-4-11(2)16-7-12/h4-7,15,17H,8-9H2,1-3H3. The van der Waals surface area contributed by atoms with Crippen molar-refractivity contribution in [1.82, 2.24) is 15.0 Å². The second kappa shape index (κ2) is 6.65. The maximum atomic E-state index is 12.3. The molecule has 0 amide bonds. The Bertz CT molecular complexity index is 706. The molecular weight excluding hydrogens is 306 g/mol. The Morgan fingerprint density at radius 1 is 1.24 bits per heavy atom. The minimum Gasteiger partial charge on any atom is -0.315 e. The van der Waals surface area contributed by atoms with Crippen LogP contribution in [-0.4, -0.2) is 20.4 Å². The Balaban J connectivity index is 2.11. The Hall–Kier alpha value is -1.28. The molecule has 2 heterocycles. The summed E-state index contributed by atoms with van der Waals surface area (Å²) in [5.41, 5.74) is 2.74. The van der Waals surface area contributed by atoms with Crippen LogP contribution in [0, 0.1) is 13.8 Å². The Kier molecular flexibility index (Phi) is 5.10. The fourth-order valence-electron chi connectivity index (χ4n) is 1.81. The van der Waals surface area contributed by atoms with E-state index in [4.69, 9.17) is 0 Å². The molecule has 2 rings (SSSR count). The summed E-state index contributed by atoms with van der Waals surface area (Å²) in [6.07, 6.45) is 1.68. The Morgan fingerprint density at radius 3 is 2.62 bits per heavy atom. The average Bonchev–Trinajstić information content (AvgIpc) is 2.81. The highest BCUT2D eigenvalue weighted by Gasteiger charge is 2.18. The lowest BCUT2D eigenvalue weighted by atomic mass is 10.2. The molecule has 0 spiro atoms. The third-order valence-corrected chi connectivity index (χ3v) is 6.15. The average molecular weight is 325 g/mol. The van der Waals surface area contributed by atoms with E-state index in [1.165, 1.54) is 11.3 Å². The van der Waals surface area contributed by atoms with Crippen molar-refractivity contribution in [2.75, 3.05) is 7.05 Å². The van der Waals surface area contributed by atoms with Crippen molar-refractivity contribution in [1.29, 1.82) is 0 Å². The van der Waals surface area contributed by atoms with Gasteiger partial charge in [0.1, 0.15) is 4.21 Å². The monoisotopic (exact) mass is 325 g/mol. The fraction of sp³-hybridized carbons (Fsp3) is 0.357. The lowest BCUT2D eigenvalue weighted by Crippen LogP contribution is -2.22. The first-order valence-corrected chi connectivity index (χ1v) is 8.87. The lowest BCUT2D eigenvalue weighted by Gasteiger charge is -2.04. The molecule has 0 saturated carbocycles. The van der Waals surface area contributed by atoms with E-state index < -0.39 is 10.0 Å². The normalized spacial score (nSPS) is 11.8. The highest BCUT2D eigenvalue weighted by atomic mass is 32.2. The van der Waals surface area contributed by atoms with Gasteiger partial charge in [0.15, 0.2) is 0 Å². The second-order valence-corrected chi connectivity index (χ2v) is 7.96. The predicted molar refractivity (Wildman–Crippen MR) is 84.8 cm³/mol. The van der Waals surface area contributed by atoms with Gasteiger partial charge in [0.25, 0.3) is 0 Å². The van der Waals surface area contributed by atoms with E-state index in [9.17, 15) is 8.42 Å². The summed E-state index contributed by atoms with van der Waals surface area (Å²) in [6, 6.07) is 5.45. The van der Waals surface area contributed by atoms with Crippen LogP contribution in [-0.2, 0) is 23.1 Å². The number of hydrogen-bond acceptors (Lipinski definition) is 5. The van der Waals surface area contributed by atoms with Crippen molar-refractivity contribution >= 4 is 21.4 Å². The molecule has 0 aliphatic heterocycles. The van der Waals surface area contributed by atoms with Crippen LogP contribution in [0.5, 0.6) is 0 Å². The van der Waals surface area contributed by atoms with E-state index in [-0.39, 0.29) is 6.54 Å². The maximum absolute atomic E-state index is 12.3. The van der Waals surface area contributed by atoms with E-state index >= 15 is 0 Å². The number of pyridine rings is 1. The molecule has 5 nitrogen and oxygen atoms in total. The zero-order valence-corrected chi connectivity index (χ0v) is 13.9. The zero-order chi connectivity index (χ0) is 15.5. The highest BCUT2D eigenvalue weighted by molar-refractivity contribution is 7.91. The summed E-state index contributed by atoms with van der Waals surface area (Å²) in [4.78, 5) is 5.19. The van der Waals surface area contributed by atoms with Crippen molar-refractivity contribution in [3.8, 4) is 0 Å². The third-order valence-electron chi connectivity index (χ3n) is 3.04. The van der Waals surface area contributed by atoms with E-state index in [1.54, 1.807) is 12.3 Å². The minimum atomic E-state index is -3.48. The molecule has 0 radical (unpaired) electrons. The summed E-state index contributed by atoms with van der Waals surface area (Å²) in [6.45, 7) is 4.74. The van der Waals surface area contributed by atoms with Crippen LogP contribution in [0.15, 0.2) is 28.6 Å². The van der Waals surface area contributed by atoms with E-state index in [1.807, 2.05) is 33.0 Å². The Labute approximate surface area is 129 Å². The molecule has 0 saturated heterocycles. The molecule has 0 aromatic carbocycles. The van der Waals surface area contributed by atoms with Crippen LogP contribution < -0.4 is 10.0 Å². The number of aryl methyl sites for hydroxylation is 2. The van der Waals surface area contributed by atoms with Gasteiger partial charge < -0.3 is 5.32 Å². The number of nitrogens with one attached hydrogen (secondary N) is 2. The Morgan fingerprint density at radius 2 is 2.00 bits per heavy atom. The SMILES string of the molecule is CNCc1sc(S(=O)(=O)NCc2ccc(C)nc2)cc1C. The molecule has 21 heavy (non-hydrogen) atoms. The molecule has 114 valence electrons. The lowest BCUT2D eigenvalue weighted by molar-refractivity contribution is 0.583. The van der Waals surface area contributed by atoms with Crippen LogP contribution in [0.1, 0.15) is 21.7 Å². The first-order valence-electron chi connectivity index (χ1n) is 6.57. The van der Waals surface area contributed by atoms with Crippen LogP contribution in [0.4, 0.5) is 0 Å². The molecule has 2 aromatic rings. The second-order valence-electron chi connectivity index (χ2n) is 4.83. The van der Waals surface area contributed by atoms with Crippen molar-refractivity contribution in [2.24, 2.45) is 0 Å². The molecule has 2 aromatic heterocycles. The van der Waals surface area contributed by atoms with Crippen LogP contribution in [0.25, 0.3) is 0 Å². The summed E-state index contributed by atoms with van der Waals surface area (Å²) < 4.78 is 27.6. The molecule has 0 unspecified atom stereocenters. The van der Waals surface area contributed by atoms with E-state index in [2.05, 4.69) is 15.0 Å². The largest absolute Gasteiger partial charge is 0.315 e. The summed E-state index contributed by atoms with van der Waals surface area (Å²) in [7, 11) is -1.63. The summed E-state index contributed by atoms with van der Waals surface area (Å²) >= 11 is 1.30. The minimum absolute atomic E-state index is 0.244. The van der Waals surface area contributed by atoms with Crippen LogP contribution >= 0.6 is 11.3 Å². The van der Waals surface area contributed by atoms with Crippen molar-refractivity contribution < 1.29 is 8.42 Å². The van der Waals surface area contributed by atoms with Gasteiger partial charge in [-0.15, -0.1) is 11.3 Å². The number of aromatic nitrogens is 1. The number of thiophene rings is 1. The molecule has 0 atom stereocenters. The number of nitrogens with zero attached hydrogens (tertiary/aromatic N) is 1. The third kappa shape index (κ3) is 4.10. The van der Waals surface area contributed by atoms with Crippen LogP contribution in [0.3, 0.4) is 0 Å². The van der Waals surface area contributed by atoms with Gasteiger partial charge in [-0.3, -0.25) is 4.98 Å². The molecule has 7 heteroatoms. The molecule has 0 fully saturated rings. The van der Waals surface area contributed by atoms with Crippen molar-refractivity contribution in [2.45, 2.75) is 31.1 Å². The highest BCUT2D eigenvalue weighted by Crippen LogP contribution is 2.25. The summed E-state index contributed by atoms with van der Waals surface area (Å²) in [5.74, 6) is 0. The van der Waals surface area contributed by atoms with E-state index in [0.29, 0.717) is 10.8 Å². The molecular formula is C14H19N3O2S2. The van der Waals surface area contributed by atoms with Gasteiger partial charge in [0.2, 0.25) is 10.0 Å². The number of sulfonamides is 1. The molecule has 2 N–H and O–H groups in total. The first kappa shape index (κ1) is 16.1. The first-order chi connectivity index (χ1) is 9.92. The van der Waals surface area contributed by atoms with E-state index in [0.717, 1.165) is 21.7 Å². The van der Waals surface area contributed by atoms with Gasteiger partial charge in [0, 0.05) is 29.9 Å². The molecule has 0 bridgehead atoms. The van der Waals surface area contributed by atoms with Gasteiger partial charge in [-0.2, -0.15) is 0 Å². The van der Waals surface area contributed by atoms with Crippen LogP contribution in [0.2, 0.25) is 0 Å². The molecule has 0 aliphatic carbocycles. The van der Waals surface area contributed by atoms with Gasteiger partial charge in [-0.25, -0.2) is 13.1 Å². The number of hydrogen-bond donors (Lipinski definition) is 2. The predicted octanol–water partition coefficient (Wildman–Crippen LogP) is 1.96. The van der Waals surface area contributed by atoms with Gasteiger partial charge in [-0.1, -0.05) is 6.07 Å². The van der Waals surface area contributed by atoms with Gasteiger partial charge in [0.05, 0.1) is 0 Å². The molecule has 0 aliphatic rings. The van der Waals surface area contributed by atoms with Gasteiger partial charge in [-0.05, 0) is 44.2 Å². The van der Waals surface area contributed by atoms with Crippen molar-refractivity contribution in [3.63, 3.8) is 0 Å². The smallest absolute Gasteiger partial charge is 0.250 e. The number of rotatable bonds is 6. The van der Waals surface area contributed by atoms with Crippen molar-refractivity contribution in [3.05, 3.63) is 46.1 Å². The van der Waals surface area contributed by atoms with Gasteiger partial charge >= 0.3 is 0 Å².